The van der Waals surface area contributed by atoms with Crippen LogP contribution in [0.3, 0.4) is 0 Å². The molecule has 19 heavy (non-hydrogen) atoms. The number of hydrogen-bond acceptors (Lipinski definition) is 3. The number of carbonyl (C=O) groups is 1. The van der Waals surface area contributed by atoms with Crippen LogP contribution in [-0.4, -0.2) is 49.7 Å². The number of nitrogens with one attached hydrogen (secondary N) is 1. The second-order valence-electron chi connectivity index (χ2n) is 6.49. The standard InChI is InChI=1S/C15H28N2O2/c1-5-19-13-10-12(15(13,2)3)17(4)14(18)11-6-8-16-9-7-11/h11-13,16H,5-10H2,1-4H3/t12-,13+/m0/s1. The minimum Gasteiger partial charge on any atom is -0.378 e. The Morgan fingerprint density at radius 1 is 1.37 bits per heavy atom. The lowest BCUT2D eigenvalue weighted by atomic mass is 9.63. The third-order valence-corrected chi connectivity index (χ3v) is 5.00. The topological polar surface area (TPSA) is 41.6 Å². The average molecular weight is 268 g/mol. The van der Waals surface area contributed by atoms with Crippen LogP contribution in [0.15, 0.2) is 0 Å². The number of nitrogens with zero attached hydrogens (tertiary/aromatic N) is 1. The van der Waals surface area contributed by atoms with Gasteiger partial charge in [-0.1, -0.05) is 13.8 Å². The van der Waals surface area contributed by atoms with Crippen LogP contribution >= 0.6 is 0 Å². The first-order chi connectivity index (χ1) is 8.98. The zero-order valence-electron chi connectivity index (χ0n) is 12.7. The SMILES string of the molecule is CCO[C@@H]1C[C@H](N(C)C(=O)C2CCNCC2)C1(C)C. The molecule has 1 aliphatic heterocycles. The molecule has 1 saturated heterocycles. The number of ether oxygens (including phenoxy) is 1. The number of carbonyl (C=O) groups excluding carboxylic acids is 1. The van der Waals surface area contributed by atoms with E-state index in [1.54, 1.807) is 0 Å². The minimum absolute atomic E-state index is 0.0767. The minimum atomic E-state index is 0.0767. The summed E-state index contributed by atoms with van der Waals surface area (Å²) >= 11 is 0. The highest BCUT2D eigenvalue weighted by Crippen LogP contribution is 2.45. The van der Waals surface area contributed by atoms with Gasteiger partial charge < -0.3 is 15.0 Å². The molecule has 2 aliphatic rings. The lowest BCUT2D eigenvalue weighted by Crippen LogP contribution is -2.63. The predicted octanol–water partition coefficient (Wildman–Crippen LogP) is 1.65. The first-order valence-corrected chi connectivity index (χ1v) is 7.57. The van der Waals surface area contributed by atoms with Gasteiger partial charge in [0.1, 0.15) is 0 Å². The molecule has 0 spiro atoms. The smallest absolute Gasteiger partial charge is 0.225 e. The van der Waals surface area contributed by atoms with Crippen LogP contribution in [0, 0.1) is 11.3 Å². The van der Waals surface area contributed by atoms with Gasteiger partial charge in [0.2, 0.25) is 5.91 Å². The maximum absolute atomic E-state index is 12.5. The van der Waals surface area contributed by atoms with E-state index in [4.69, 9.17) is 4.74 Å². The highest BCUT2D eigenvalue weighted by Gasteiger charge is 2.52. The van der Waals surface area contributed by atoms with Crippen molar-refractivity contribution in [2.75, 3.05) is 26.7 Å². The molecule has 2 atom stereocenters. The van der Waals surface area contributed by atoms with Crippen molar-refractivity contribution in [3.8, 4) is 0 Å². The zero-order chi connectivity index (χ0) is 14.0. The molecule has 1 saturated carbocycles. The van der Waals surface area contributed by atoms with Crippen LogP contribution in [0.1, 0.15) is 40.0 Å². The number of rotatable bonds is 4. The molecule has 0 radical (unpaired) electrons. The molecule has 0 unspecified atom stereocenters. The van der Waals surface area contributed by atoms with Crippen molar-refractivity contribution in [2.45, 2.75) is 52.2 Å². The molecule has 4 nitrogen and oxygen atoms in total. The Hall–Kier alpha value is -0.610. The van der Waals surface area contributed by atoms with Gasteiger partial charge >= 0.3 is 0 Å². The predicted molar refractivity (Wildman–Crippen MR) is 76.0 cm³/mol. The highest BCUT2D eigenvalue weighted by molar-refractivity contribution is 5.79. The highest BCUT2D eigenvalue weighted by atomic mass is 16.5. The lowest BCUT2D eigenvalue weighted by molar-refractivity contribution is -0.166. The van der Waals surface area contributed by atoms with Crippen molar-refractivity contribution in [3.05, 3.63) is 0 Å². The van der Waals surface area contributed by atoms with Gasteiger partial charge in [-0.2, -0.15) is 0 Å². The van der Waals surface area contributed by atoms with Crippen LogP contribution < -0.4 is 5.32 Å². The molecule has 2 rings (SSSR count). The molecule has 1 amide bonds. The summed E-state index contributed by atoms with van der Waals surface area (Å²) in [7, 11) is 1.97. The number of amides is 1. The van der Waals surface area contributed by atoms with Gasteiger partial charge in [0.05, 0.1) is 6.10 Å². The van der Waals surface area contributed by atoms with Crippen molar-refractivity contribution >= 4 is 5.91 Å². The lowest BCUT2D eigenvalue weighted by Gasteiger charge is -2.55. The van der Waals surface area contributed by atoms with Crippen LogP contribution in [0.2, 0.25) is 0 Å². The van der Waals surface area contributed by atoms with E-state index in [-0.39, 0.29) is 11.3 Å². The van der Waals surface area contributed by atoms with Gasteiger partial charge in [-0.05, 0) is 39.3 Å². The molecule has 0 aromatic carbocycles. The molecule has 110 valence electrons. The van der Waals surface area contributed by atoms with Gasteiger partial charge in [0, 0.05) is 31.0 Å². The Balaban J connectivity index is 1.93. The fourth-order valence-corrected chi connectivity index (χ4v) is 3.52. The third-order valence-electron chi connectivity index (χ3n) is 5.00. The molecule has 4 heteroatoms. The molecule has 1 aliphatic carbocycles. The van der Waals surface area contributed by atoms with E-state index in [2.05, 4.69) is 19.2 Å². The Kier molecular flexibility index (Phi) is 4.51. The van der Waals surface area contributed by atoms with E-state index in [1.165, 1.54) is 0 Å². The Morgan fingerprint density at radius 2 is 2.00 bits per heavy atom. The maximum atomic E-state index is 12.5. The number of hydrogen-bond donors (Lipinski definition) is 1. The maximum Gasteiger partial charge on any atom is 0.225 e. The van der Waals surface area contributed by atoms with Crippen molar-refractivity contribution in [1.29, 1.82) is 0 Å². The van der Waals surface area contributed by atoms with Crippen molar-refractivity contribution in [1.82, 2.24) is 10.2 Å². The second-order valence-corrected chi connectivity index (χ2v) is 6.49. The van der Waals surface area contributed by atoms with Gasteiger partial charge in [-0.25, -0.2) is 0 Å². The summed E-state index contributed by atoms with van der Waals surface area (Å²) in [4.78, 5) is 14.5. The summed E-state index contributed by atoms with van der Waals surface area (Å²) in [6.07, 6.45) is 3.23. The van der Waals surface area contributed by atoms with Crippen LogP contribution in [0.5, 0.6) is 0 Å². The van der Waals surface area contributed by atoms with E-state index >= 15 is 0 Å². The summed E-state index contributed by atoms with van der Waals surface area (Å²) in [5.74, 6) is 0.544. The third kappa shape index (κ3) is 2.79. The van der Waals surface area contributed by atoms with Crippen molar-refractivity contribution in [2.24, 2.45) is 11.3 Å². The second kappa shape index (κ2) is 5.80. The van der Waals surface area contributed by atoms with E-state index in [0.29, 0.717) is 18.1 Å². The molecular weight excluding hydrogens is 240 g/mol. The van der Waals surface area contributed by atoms with Crippen LogP contribution in [-0.2, 0) is 9.53 Å². The molecule has 0 bridgehead atoms. The molecule has 2 fully saturated rings. The van der Waals surface area contributed by atoms with Gasteiger partial charge in [-0.3, -0.25) is 4.79 Å². The van der Waals surface area contributed by atoms with E-state index in [1.807, 2.05) is 18.9 Å². The fraction of sp³-hybridized carbons (Fsp3) is 0.933. The van der Waals surface area contributed by atoms with Crippen LogP contribution in [0.4, 0.5) is 0 Å². The van der Waals surface area contributed by atoms with Gasteiger partial charge in [0.15, 0.2) is 0 Å². The molecule has 1 heterocycles. The summed E-state index contributed by atoms with van der Waals surface area (Å²) in [6, 6.07) is 0.325. The summed E-state index contributed by atoms with van der Waals surface area (Å²) in [5.41, 5.74) is 0.0767. The van der Waals surface area contributed by atoms with Gasteiger partial charge in [0.25, 0.3) is 0 Å². The zero-order valence-corrected chi connectivity index (χ0v) is 12.7. The Bertz CT molecular complexity index is 324. The van der Waals surface area contributed by atoms with Crippen molar-refractivity contribution < 1.29 is 9.53 Å². The molecule has 0 aromatic rings. The Morgan fingerprint density at radius 3 is 2.53 bits per heavy atom. The fourth-order valence-electron chi connectivity index (χ4n) is 3.52. The van der Waals surface area contributed by atoms with E-state index in [0.717, 1.165) is 39.0 Å². The first kappa shape index (κ1) is 14.8. The summed E-state index contributed by atoms with van der Waals surface area (Å²) in [5, 5.41) is 3.32. The van der Waals surface area contributed by atoms with Gasteiger partial charge in [-0.15, -0.1) is 0 Å². The van der Waals surface area contributed by atoms with Crippen LogP contribution in [0.25, 0.3) is 0 Å². The largest absolute Gasteiger partial charge is 0.378 e. The van der Waals surface area contributed by atoms with E-state index in [9.17, 15) is 4.79 Å². The molecular formula is C15H28N2O2. The molecule has 0 aromatic heterocycles. The quantitative estimate of drug-likeness (QED) is 0.843. The monoisotopic (exact) mass is 268 g/mol. The number of piperidine rings is 1. The van der Waals surface area contributed by atoms with Crippen molar-refractivity contribution in [3.63, 3.8) is 0 Å². The average Bonchev–Trinajstić information content (AvgIpc) is 2.42. The Labute approximate surface area is 116 Å². The summed E-state index contributed by atoms with van der Waals surface area (Å²) in [6.45, 7) is 9.17. The van der Waals surface area contributed by atoms with E-state index < -0.39 is 0 Å². The first-order valence-electron chi connectivity index (χ1n) is 7.57. The summed E-state index contributed by atoms with van der Waals surface area (Å²) < 4.78 is 5.75. The molecule has 1 N–H and O–H groups in total. The normalized spacial score (nSPS) is 30.7.